The number of hydrogen-bond donors (Lipinski definition) is 3. The Morgan fingerprint density at radius 2 is 1.76 bits per heavy atom. The van der Waals surface area contributed by atoms with Gasteiger partial charge in [0.2, 0.25) is 10.0 Å². The van der Waals surface area contributed by atoms with Gasteiger partial charge in [-0.05, 0) is 47.5 Å². The Morgan fingerprint density at radius 1 is 0.919 bits per heavy atom. The van der Waals surface area contributed by atoms with E-state index in [4.69, 9.17) is 0 Å². The van der Waals surface area contributed by atoms with Gasteiger partial charge in [0.15, 0.2) is 5.65 Å². The number of nitrogens with zero attached hydrogens (tertiary/aromatic N) is 3. The Bertz CT molecular complexity index is 1880. The third kappa shape index (κ3) is 4.59. The SMILES string of the molecule is CS(=O)(=O)NCc1cc(F)cc(-c2nccc3[nH]c(-c4[nH]nc5ncc(-c6ccccc6)cc45)cc23)c1. The van der Waals surface area contributed by atoms with Crippen LogP contribution in [0, 0.1) is 5.82 Å². The van der Waals surface area contributed by atoms with Crippen LogP contribution in [0.5, 0.6) is 0 Å². The van der Waals surface area contributed by atoms with Crippen molar-refractivity contribution in [1.29, 1.82) is 0 Å². The average Bonchev–Trinajstić information content (AvgIpc) is 3.51. The molecule has 0 aliphatic rings. The molecule has 3 N–H and O–H groups in total. The minimum absolute atomic E-state index is 0.0190. The van der Waals surface area contributed by atoms with Gasteiger partial charge in [0.05, 0.1) is 23.3 Å². The lowest BCUT2D eigenvalue weighted by molar-refractivity contribution is 0.586. The summed E-state index contributed by atoms with van der Waals surface area (Å²) in [7, 11) is -3.42. The Labute approximate surface area is 211 Å². The molecule has 0 radical (unpaired) electrons. The number of rotatable bonds is 6. The van der Waals surface area contributed by atoms with Gasteiger partial charge in [0.1, 0.15) is 5.82 Å². The summed E-state index contributed by atoms with van der Waals surface area (Å²) >= 11 is 0. The molecule has 0 saturated carbocycles. The van der Waals surface area contributed by atoms with E-state index in [0.29, 0.717) is 22.5 Å². The fourth-order valence-corrected chi connectivity index (χ4v) is 4.84. The molecular weight excluding hydrogens is 491 g/mol. The highest BCUT2D eigenvalue weighted by molar-refractivity contribution is 7.88. The van der Waals surface area contributed by atoms with Gasteiger partial charge >= 0.3 is 0 Å². The second-order valence-corrected chi connectivity index (χ2v) is 10.6. The van der Waals surface area contributed by atoms with Crippen molar-refractivity contribution < 1.29 is 12.8 Å². The summed E-state index contributed by atoms with van der Waals surface area (Å²) in [6, 6.07) is 20.3. The van der Waals surface area contributed by atoms with Crippen molar-refractivity contribution >= 4 is 32.0 Å². The molecule has 4 aromatic heterocycles. The quantitative estimate of drug-likeness (QED) is 0.290. The summed E-state index contributed by atoms with van der Waals surface area (Å²) in [4.78, 5) is 12.4. The highest BCUT2D eigenvalue weighted by atomic mass is 32.2. The molecule has 8 nitrogen and oxygen atoms in total. The summed E-state index contributed by atoms with van der Waals surface area (Å²) in [6.07, 6.45) is 4.52. The Hall–Kier alpha value is -4.41. The van der Waals surface area contributed by atoms with Gasteiger partial charge < -0.3 is 4.98 Å². The molecule has 0 unspecified atom stereocenters. The summed E-state index contributed by atoms with van der Waals surface area (Å²) in [6.45, 7) is -0.0190. The van der Waals surface area contributed by atoms with E-state index in [0.717, 1.165) is 45.1 Å². The van der Waals surface area contributed by atoms with Gasteiger partial charge in [-0.3, -0.25) is 10.1 Å². The lowest BCUT2D eigenvalue weighted by Crippen LogP contribution is -2.21. The molecule has 0 spiro atoms. The van der Waals surface area contributed by atoms with Crippen LogP contribution in [-0.4, -0.2) is 39.8 Å². The molecule has 37 heavy (non-hydrogen) atoms. The number of hydrogen-bond acceptors (Lipinski definition) is 5. The predicted molar refractivity (Wildman–Crippen MR) is 141 cm³/mol. The van der Waals surface area contributed by atoms with Crippen LogP contribution in [0.15, 0.2) is 79.1 Å². The number of H-pyrrole nitrogens is 2. The van der Waals surface area contributed by atoms with E-state index in [1.165, 1.54) is 12.1 Å². The Kier molecular flexibility index (Phi) is 5.54. The van der Waals surface area contributed by atoms with Crippen molar-refractivity contribution in [1.82, 2.24) is 29.9 Å². The Balaban J connectivity index is 1.44. The number of aromatic amines is 2. The van der Waals surface area contributed by atoms with E-state index in [2.05, 4.69) is 35.9 Å². The molecular formula is C27H21FN6O2S. The maximum absolute atomic E-state index is 14.5. The highest BCUT2D eigenvalue weighted by Crippen LogP contribution is 2.34. The number of nitrogens with one attached hydrogen (secondary N) is 3. The normalized spacial score (nSPS) is 11.9. The third-order valence-electron chi connectivity index (χ3n) is 6.10. The molecule has 2 aromatic carbocycles. The first kappa shape index (κ1) is 23.0. The standard InChI is InChI=1S/C27H21FN6O2S/c1-37(35,36)31-14-16-9-18(11-20(28)10-16)25-21-13-24(32-23(21)7-8-29-25)26-22-12-19(15-30-27(22)34-33-26)17-5-3-2-4-6-17/h2-13,15,31-32H,14H2,1H3,(H,30,33,34). The molecule has 4 heterocycles. The van der Waals surface area contributed by atoms with Crippen molar-refractivity contribution in [3.8, 4) is 33.8 Å². The van der Waals surface area contributed by atoms with Crippen LogP contribution >= 0.6 is 0 Å². The van der Waals surface area contributed by atoms with Gasteiger partial charge in [-0.2, -0.15) is 5.10 Å². The Morgan fingerprint density at radius 3 is 2.57 bits per heavy atom. The number of sulfonamides is 1. The molecule has 0 amide bonds. The molecule has 184 valence electrons. The minimum Gasteiger partial charge on any atom is -0.353 e. The van der Waals surface area contributed by atoms with Crippen LogP contribution in [0.1, 0.15) is 5.56 Å². The monoisotopic (exact) mass is 512 g/mol. The van der Waals surface area contributed by atoms with E-state index < -0.39 is 15.8 Å². The lowest BCUT2D eigenvalue weighted by Gasteiger charge is -2.08. The maximum Gasteiger partial charge on any atom is 0.209 e. The van der Waals surface area contributed by atoms with Crippen LogP contribution < -0.4 is 4.72 Å². The first-order chi connectivity index (χ1) is 17.8. The largest absolute Gasteiger partial charge is 0.353 e. The van der Waals surface area contributed by atoms with Crippen LogP contribution in [0.4, 0.5) is 4.39 Å². The van der Waals surface area contributed by atoms with Gasteiger partial charge in [-0.1, -0.05) is 30.3 Å². The van der Waals surface area contributed by atoms with Crippen LogP contribution in [0.2, 0.25) is 0 Å². The summed E-state index contributed by atoms with van der Waals surface area (Å²) < 4.78 is 39.9. The van der Waals surface area contributed by atoms with Crippen molar-refractivity contribution in [3.05, 3.63) is 90.5 Å². The second-order valence-electron chi connectivity index (χ2n) is 8.81. The number of fused-ring (bicyclic) bond motifs is 2. The average molecular weight is 513 g/mol. The van der Waals surface area contributed by atoms with Crippen LogP contribution in [0.3, 0.4) is 0 Å². The van der Waals surface area contributed by atoms with Gasteiger partial charge in [0, 0.05) is 46.4 Å². The molecule has 6 rings (SSSR count). The number of pyridine rings is 2. The number of halogens is 1. The van der Waals surface area contributed by atoms with E-state index in [1.807, 2.05) is 42.5 Å². The lowest BCUT2D eigenvalue weighted by atomic mass is 10.0. The van der Waals surface area contributed by atoms with Crippen LogP contribution in [0.25, 0.3) is 55.7 Å². The fourth-order valence-electron chi connectivity index (χ4n) is 4.42. The zero-order valence-corrected chi connectivity index (χ0v) is 20.5. The van der Waals surface area contributed by atoms with Gasteiger partial charge in [-0.25, -0.2) is 22.5 Å². The summed E-state index contributed by atoms with van der Waals surface area (Å²) in [5.74, 6) is -0.476. The second kappa shape index (κ2) is 8.91. The third-order valence-corrected chi connectivity index (χ3v) is 6.77. The first-order valence-electron chi connectivity index (χ1n) is 11.5. The first-order valence-corrected chi connectivity index (χ1v) is 13.4. The maximum atomic E-state index is 14.5. The molecule has 0 fully saturated rings. The fraction of sp³-hybridized carbons (Fsp3) is 0.0741. The molecule has 0 aliphatic heterocycles. The molecule has 0 atom stereocenters. The number of aromatic nitrogens is 5. The van der Waals surface area contributed by atoms with E-state index in [1.54, 1.807) is 18.5 Å². The molecule has 0 saturated heterocycles. The van der Waals surface area contributed by atoms with E-state index in [-0.39, 0.29) is 6.54 Å². The van der Waals surface area contributed by atoms with Crippen molar-refractivity contribution in [3.63, 3.8) is 0 Å². The zero-order chi connectivity index (χ0) is 25.6. The van der Waals surface area contributed by atoms with Crippen molar-refractivity contribution in [2.45, 2.75) is 6.54 Å². The van der Waals surface area contributed by atoms with Crippen molar-refractivity contribution in [2.75, 3.05) is 6.26 Å². The molecule has 6 aromatic rings. The minimum atomic E-state index is -3.42. The zero-order valence-electron chi connectivity index (χ0n) is 19.7. The van der Waals surface area contributed by atoms with Crippen LogP contribution in [-0.2, 0) is 16.6 Å². The predicted octanol–water partition coefficient (Wildman–Crippen LogP) is 5.02. The van der Waals surface area contributed by atoms with Gasteiger partial charge in [-0.15, -0.1) is 0 Å². The smallest absolute Gasteiger partial charge is 0.209 e. The molecule has 10 heteroatoms. The van der Waals surface area contributed by atoms with Gasteiger partial charge in [0.25, 0.3) is 0 Å². The van der Waals surface area contributed by atoms with Crippen molar-refractivity contribution in [2.24, 2.45) is 0 Å². The van der Waals surface area contributed by atoms with E-state index >= 15 is 0 Å². The summed E-state index contributed by atoms with van der Waals surface area (Å²) in [5.41, 5.74) is 6.62. The topological polar surface area (TPSA) is 116 Å². The molecule has 0 bridgehead atoms. The van der Waals surface area contributed by atoms with E-state index in [9.17, 15) is 12.8 Å². The number of benzene rings is 2. The summed E-state index contributed by atoms with van der Waals surface area (Å²) in [5, 5.41) is 9.11. The highest BCUT2D eigenvalue weighted by Gasteiger charge is 2.16. The molecule has 0 aliphatic carbocycles.